The molecule has 0 saturated heterocycles. The molecule has 6 heteroatoms. The molecular formula is C9H11N5O. The van der Waals surface area contributed by atoms with Gasteiger partial charge in [-0.15, -0.1) is 0 Å². The topological polar surface area (TPSA) is 78.7 Å². The van der Waals surface area contributed by atoms with E-state index in [-0.39, 0.29) is 5.78 Å². The van der Waals surface area contributed by atoms with Crippen molar-refractivity contribution in [2.45, 2.75) is 0 Å². The average Bonchev–Trinajstić information content (AvgIpc) is 2.75. The van der Waals surface area contributed by atoms with Crippen molar-refractivity contribution >= 4 is 11.6 Å². The summed E-state index contributed by atoms with van der Waals surface area (Å²) in [5, 5.41) is 7.92. The van der Waals surface area contributed by atoms with Crippen molar-refractivity contribution in [2.24, 2.45) is 14.1 Å². The van der Waals surface area contributed by atoms with Crippen LogP contribution in [0.5, 0.6) is 0 Å². The molecule has 2 N–H and O–H groups in total. The summed E-state index contributed by atoms with van der Waals surface area (Å²) >= 11 is 0. The van der Waals surface area contributed by atoms with Crippen molar-refractivity contribution < 1.29 is 4.79 Å². The molecule has 0 spiro atoms. The molecule has 0 amide bonds. The van der Waals surface area contributed by atoms with Crippen LogP contribution >= 0.6 is 0 Å². The van der Waals surface area contributed by atoms with E-state index in [2.05, 4.69) is 10.2 Å². The maximum atomic E-state index is 11.9. The lowest BCUT2D eigenvalue weighted by Gasteiger charge is -1.96. The second-order valence-electron chi connectivity index (χ2n) is 3.27. The highest BCUT2D eigenvalue weighted by Crippen LogP contribution is 2.13. The lowest BCUT2D eigenvalue weighted by Crippen LogP contribution is -2.07. The quantitative estimate of drug-likeness (QED) is 0.698. The van der Waals surface area contributed by atoms with Gasteiger partial charge in [-0.05, 0) is 6.07 Å². The maximum Gasteiger partial charge on any atom is 0.218 e. The first-order valence-corrected chi connectivity index (χ1v) is 4.41. The fraction of sp³-hybridized carbons (Fsp3) is 0.222. The first-order chi connectivity index (χ1) is 7.09. The molecule has 0 saturated carbocycles. The van der Waals surface area contributed by atoms with E-state index in [4.69, 9.17) is 5.73 Å². The standard InChI is InChI=1S/C9H11N5O/c1-13-4-3-7(12-13)8(15)6-5-11-14(2)9(6)10/h3-5H,10H2,1-2H3. The lowest BCUT2D eigenvalue weighted by molar-refractivity contribution is 0.103. The van der Waals surface area contributed by atoms with Gasteiger partial charge in [-0.25, -0.2) is 0 Å². The van der Waals surface area contributed by atoms with Gasteiger partial charge < -0.3 is 5.73 Å². The average molecular weight is 205 g/mol. The Morgan fingerprint density at radius 3 is 2.67 bits per heavy atom. The summed E-state index contributed by atoms with van der Waals surface area (Å²) in [6, 6.07) is 1.65. The van der Waals surface area contributed by atoms with Gasteiger partial charge in [0.05, 0.1) is 11.8 Å². The zero-order valence-electron chi connectivity index (χ0n) is 8.51. The molecule has 0 bridgehead atoms. The third-order valence-corrected chi connectivity index (χ3v) is 2.18. The molecule has 6 nitrogen and oxygen atoms in total. The number of nitrogens with zero attached hydrogens (tertiary/aromatic N) is 4. The number of nitrogens with two attached hydrogens (primary N) is 1. The number of hydrogen-bond acceptors (Lipinski definition) is 4. The van der Waals surface area contributed by atoms with E-state index in [0.29, 0.717) is 17.1 Å². The molecule has 2 aromatic rings. The Hall–Kier alpha value is -2.11. The molecule has 0 fully saturated rings. The number of aromatic nitrogens is 4. The highest BCUT2D eigenvalue weighted by Gasteiger charge is 2.17. The van der Waals surface area contributed by atoms with Gasteiger partial charge in [-0.1, -0.05) is 0 Å². The highest BCUT2D eigenvalue weighted by atomic mass is 16.1. The summed E-state index contributed by atoms with van der Waals surface area (Å²) in [4.78, 5) is 11.9. The lowest BCUT2D eigenvalue weighted by atomic mass is 10.1. The Balaban J connectivity index is 2.41. The van der Waals surface area contributed by atoms with Crippen molar-refractivity contribution in [3.8, 4) is 0 Å². The number of aryl methyl sites for hydroxylation is 2. The number of hydrogen-bond donors (Lipinski definition) is 1. The summed E-state index contributed by atoms with van der Waals surface area (Å²) in [7, 11) is 3.44. The summed E-state index contributed by atoms with van der Waals surface area (Å²) in [5.74, 6) is 0.145. The molecule has 0 unspecified atom stereocenters. The van der Waals surface area contributed by atoms with Crippen LogP contribution in [0.15, 0.2) is 18.5 Å². The number of carbonyl (C=O) groups is 1. The highest BCUT2D eigenvalue weighted by molar-refractivity contribution is 6.10. The molecule has 0 aliphatic heterocycles. The van der Waals surface area contributed by atoms with Gasteiger partial charge in [0.15, 0.2) is 0 Å². The van der Waals surface area contributed by atoms with Crippen LogP contribution in [0.2, 0.25) is 0 Å². The monoisotopic (exact) mass is 205 g/mol. The van der Waals surface area contributed by atoms with E-state index in [1.54, 1.807) is 31.0 Å². The molecule has 0 atom stereocenters. The Kier molecular flexibility index (Phi) is 2.03. The minimum atomic E-state index is -0.207. The first kappa shape index (κ1) is 9.45. The van der Waals surface area contributed by atoms with Crippen molar-refractivity contribution in [1.29, 1.82) is 0 Å². The SMILES string of the molecule is Cn1ccc(C(=O)c2cnn(C)c2N)n1. The van der Waals surface area contributed by atoms with E-state index in [9.17, 15) is 4.79 Å². The van der Waals surface area contributed by atoms with E-state index in [0.717, 1.165) is 0 Å². The third-order valence-electron chi connectivity index (χ3n) is 2.18. The van der Waals surface area contributed by atoms with Gasteiger partial charge in [0.1, 0.15) is 11.5 Å². The number of rotatable bonds is 2. The normalized spacial score (nSPS) is 10.5. The Morgan fingerprint density at radius 2 is 2.20 bits per heavy atom. The van der Waals surface area contributed by atoms with Crippen molar-refractivity contribution in [1.82, 2.24) is 19.6 Å². The zero-order valence-corrected chi connectivity index (χ0v) is 8.51. The summed E-state index contributed by atoms with van der Waals surface area (Å²) in [5.41, 5.74) is 6.45. The molecule has 2 aromatic heterocycles. The van der Waals surface area contributed by atoms with Crippen molar-refractivity contribution in [3.05, 3.63) is 29.7 Å². The minimum absolute atomic E-state index is 0.207. The number of anilines is 1. The van der Waals surface area contributed by atoms with Gasteiger partial charge >= 0.3 is 0 Å². The van der Waals surface area contributed by atoms with Gasteiger partial charge in [0.25, 0.3) is 0 Å². The van der Waals surface area contributed by atoms with E-state index >= 15 is 0 Å². The number of nitrogen functional groups attached to an aromatic ring is 1. The Morgan fingerprint density at radius 1 is 1.47 bits per heavy atom. The fourth-order valence-electron chi connectivity index (χ4n) is 1.30. The molecule has 0 aromatic carbocycles. The van der Waals surface area contributed by atoms with Crippen LogP contribution < -0.4 is 5.73 Å². The summed E-state index contributed by atoms with van der Waals surface area (Å²) in [6.45, 7) is 0. The van der Waals surface area contributed by atoms with Gasteiger partial charge in [-0.2, -0.15) is 10.2 Å². The van der Waals surface area contributed by atoms with Crippen LogP contribution in [-0.4, -0.2) is 25.3 Å². The van der Waals surface area contributed by atoms with E-state index in [1.807, 2.05) is 0 Å². The van der Waals surface area contributed by atoms with Crippen LogP contribution in [0.1, 0.15) is 16.1 Å². The van der Waals surface area contributed by atoms with E-state index < -0.39 is 0 Å². The van der Waals surface area contributed by atoms with Gasteiger partial charge in [-0.3, -0.25) is 14.2 Å². The second kappa shape index (κ2) is 3.23. The van der Waals surface area contributed by atoms with Crippen LogP contribution in [0.25, 0.3) is 0 Å². The minimum Gasteiger partial charge on any atom is -0.383 e. The molecule has 2 heterocycles. The summed E-state index contributed by atoms with van der Waals surface area (Å²) < 4.78 is 3.02. The second-order valence-corrected chi connectivity index (χ2v) is 3.27. The zero-order chi connectivity index (χ0) is 11.0. The molecule has 78 valence electrons. The molecular weight excluding hydrogens is 194 g/mol. The molecule has 0 aliphatic carbocycles. The molecule has 0 radical (unpaired) electrons. The summed E-state index contributed by atoms with van der Waals surface area (Å²) in [6.07, 6.45) is 3.16. The maximum absolute atomic E-state index is 11.9. The number of carbonyl (C=O) groups excluding carboxylic acids is 1. The van der Waals surface area contributed by atoms with Crippen molar-refractivity contribution in [3.63, 3.8) is 0 Å². The van der Waals surface area contributed by atoms with Crippen LogP contribution in [0.3, 0.4) is 0 Å². The van der Waals surface area contributed by atoms with Gasteiger partial charge in [0, 0.05) is 20.3 Å². The van der Waals surface area contributed by atoms with Crippen LogP contribution in [-0.2, 0) is 14.1 Å². The third kappa shape index (κ3) is 1.50. The fourth-order valence-corrected chi connectivity index (χ4v) is 1.30. The Bertz CT molecular complexity index is 510. The first-order valence-electron chi connectivity index (χ1n) is 4.41. The smallest absolute Gasteiger partial charge is 0.218 e. The Labute approximate surface area is 86.3 Å². The molecule has 15 heavy (non-hydrogen) atoms. The largest absolute Gasteiger partial charge is 0.383 e. The van der Waals surface area contributed by atoms with Crippen LogP contribution in [0, 0.1) is 0 Å². The van der Waals surface area contributed by atoms with Crippen LogP contribution in [0.4, 0.5) is 5.82 Å². The molecule has 2 rings (SSSR count). The predicted molar refractivity (Wildman–Crippen MR) is 54.3 cm³/mol. The van der Waals surface area contributed by atoms with E-state index in [1.165, 1.54) is 10.9 Å². The number of ketones is 1. The van der Waals surface area contributed by atoms with Gasteiger partial charge in [0.2, 0.25) is 5.78 Å². The molecule has 0 aliphatic rings. The predicted octanol–water partition coefficient (Wildman–Crippen LogP) is -0.0332. The van der Waals surface area contributed by atoms with Crippen molar-refractivity contribution in [2.75, 3.05) is 5.73 Å².